The number of hydrogen-bond acceptors (Lipinski definition) is 6. The lowest BCUT2D eigenvalue weighted by molar-refractivity contribution is -0.124. The van der Waals surface area contributed by atoms with E-state index in [9.17, 15) is 9.59 Å². The van der Waals surface area contributed by atoms with E-state index in [1.54, 1.807) is 17.0 Å². The molecule has 1 fully saturated rings. The molecule has 0 aliphatic carbocycles. The number of amides is 2. The highest BCUT2D eigenvalue weighted by atomic mass is 32.2. The van der Waals surface area contributed by atoms with Crippen LogP contribution >= 0.6 is 11.8 Å². The second-order valence-electron chi connectivity index (χ2n) is 7.53. The number of nitrogens with zero attached hydrogens (tertiary/aromatic N) is 3. The van der Waals surface area contributed by atoms with Gasteiger partial charge in [0.15, 0.2) is 0 Å². The Balaban J connectivity index is 1.48. The van der Waals surface area contributed by atoms with Crippen molar-refractivity contribution in [3.8, 4) is 11.4 Å². The number of anilines is 2. The minimum Gasteiger partial charge on any atom is -0.342 e. The van der Waals surface area contributed by atoms with Gasteiger partial charge in [0, 0.05) is 22.9 Å². The van der Waals surface area contributed by atoms with Gasteiger partial charge in [-0.15, -0.1) is 0 Å². The Labute approximate surface area is 185 Å². The van der Waals surface area contributed by atoms with Crippen LogP contribution in [0.1, 0.15) is 18.4 Å². The Morgan fingerprint density at radius 1 is 1.16 bits per heavy atom. The van der Waals surface area contributed by atoms with Crippen molar-refractivity contribution in [2.75, 3.05) is 28.3 Å². The first-order chi connectivity index (χ1) is 15.1. The largest absolute Gasteiger partial charge is 0.342 e. The van der Waals surface area contributed by atoms with Crippen molar-refractivity contribution >= 4 is 35.0 Å². The van der Waals surface area contributed by atoms with E-state index < -0.39 is 0 Å². The van der Waals surface area contributed by atoms with Crippen LogP contribution in [0.4, 0.5) is 11.4 Å². The highest BCUT2D eigenvalue weighted by molar-refractivity contribution is 7.99. The Morgan fingerprint density at radius 2 is 1.94 bits per heavy atom. The second-order valence-corrected chi connectivity index (χ2v) is 8.76. The Hall–Kier alpha value is -3.13. The molecule has 0 spiro atoms. The predicted octanol–water partition coefficient (Wildman–Crippen LogP) is 4.16. The van der Waals surface area contributed by atoms with E-state index in [4.69, 9.17) is 4.52 Å². The summed E-state index contributed by atoms with van der Waals surface area (Å²) in [4.78, 5) is 31.8. The summed E-state index contributed by atoms with van der Waals surface area (Å²) < 4.78 is 4.76. The summed E-state index contributed by atoms with van der Waals surface area (Å²) in [5.74, 6) is 2.19. The van der Waals surface area contributed by atoms with Gasteiger partial charge in [-0.2, -0.15) is 16.7 Å². The molecule has 1 N–H and O–H groups in total. The number of aromatic nitrogens is 2. The third-order valence-electron chi connectivity index (χ3n) is 5.24. The van der Waals surface area contributed by atoms with Crippen molar-refractivity contribution < 1.29 is 14.1 Å². The van der Waals surface area contributed by atoms with Gasteiger partial charge in [0.2, 0.25) is 24.0 Å². The predicted molar refractivity (Wildman–Crippen MR) is 122 cm³/mol. The SMILES string of the molecule is Cc1cccc(N(CC(=O)Nc2ccc(-c3ncon3)cc2)C(=O)C2CCSCC2)c1. The molecule has 0 unspecified atom stereocenters. The van der Waals surface area contributed by atoms with Crippen LogP contribution in [0.2, 0.25) is 0 Å². The van der Waals surface area contributed by atoms with Crippen LogP contribution in [0.5, 0.6) is 0 Å². The quantitative estimate of drug-likeness (QED) is 0.624. The Kier molecular flexibility index (Phi) is 6.66. The molecule has 1 aromatic heterocycles. The van der Waals surface area contributed by atoms with Crippen molar-refractivity contribution in [2.24, 2.45) is 5.92 Å². The molecule has 160 valence electrons. The number of thioether (sulfide) groups is 1. The topological polar surface area (TPSA) is 88.3 Å². The van der Waals surface area contributed by atoms with Crippen LogP contribution < -0.4 is 10.2 Å². The average Bonchev–Trinajstić information content (AvgIpc) is 3.33. The summed E-state index contributed by atoms with van der Waals surface area (Å²) in [5, 5.41) is 6.69. The van der Waals surface area contributed by atoms with Gasteiger partial charge in [0.1, 0.15) is 6.54 Å². The van der Waals surface area contributed by atoms with Crippen molar-refractivity contribution in [3.05, 3.63) is 60.5 Å². The summed E-state index contributed by atoms with van der Waals surface area (Å²) in [6, 6.07) is 14.9. The Bertz CT molecular complexity index is 1030. The van der Waals surface area contributed by atoms with Gasteiger partial charge in [-0.1, -0.05) is 17.3 Å². The molecular formula is C23H24N4O3S. The minimum atomic E-state index is -0.243. The number of nitrogens with one attached hydrogen (secondary N) is 1. The molecule has 2 heterocycles. The molecule has 0 bridgehead atoms. The zero-order chi connectivity index (χ0) is 21.6. The van der Waals surface area contributed by atoms with Crippen LogP contribution in [-0.2, 0) is 9.59 Å². The third kappa shape index (κ3) is 5.32. The van der Waals surface area contributed by atoms with E-state index in [0.717, 1.165) is 41.2 Å². The fourth-order valence-corrected chi connectivity index (χ4v) is 4.71. The minimum absolute atomic E-state index is 0.0218. The van der Waals surface area contributed by atoms with E-state index in [-0.39, 0.29) is 24.3 Å². The maximum Gasteiger partial charge on any atom is 0.244 e. The maximum absolute atomic E-state index is 13.3. The van der Waals surface area contributed by atoms with E-state index in [2.05, 4.69) is 15.5 Å². The number of benzene rings is 2. The zero-order valence-electron chi connectivity index (χ0n) is 17.3. The molecule has 7 nitrogen and oxygen atoms in total. The summed E-state index contributed by atoms with van der Waals surface area (Å²) >= 11 is 1.88. The van der Waals surface area contributed by atoms with Crippen molar-refractivity contribution in [1.82, 2.24) is 10.1 Å². The average molecular weight is 437 g/mol. The fraction of sp³-hybridized carbons (Fsp3) is 0.304. The molecule has 2 aromatic carbocycles. The number of carbonyl (C=O) groups is 2. The molecule has 0 saturated carbocycles. The van der Waals surface area contributed by atoms with Crippen LogP contribution in [0, 0.1) is 12.8 Å². The number of rotatable bonds is 6. The number of hydrogen-bond donors (Lipinski definition) is 1. The summed E-state index contributed by atoms with van der Waals surface area (Å²) in [6.07, 6.45) is 2.98. The molecule has 8 heteroatoms. The number of carbonyl (C=O) groups excluding carboxylic acids is 2. The lowest BCUT2D eigenvalue weighted by atomic mass is 10.0. The zero-order valence-corrected chi connectivity index (χ0v) is 18.1. The van der Waals surface area contributed by atoms with Gasteiger partial charge in [-0.3, -0.25) is 9.59 Å². The molecule has 2 amide bonds. The highest BCUT2D eigenvalue weighted by Gasteiger charge is 2.28. The summed E-state index contributed by atoms with van der Waals surface area (Å²) in [5.41, 5.74) is 3.24. The molecule has 0 radical (unpaired) electrons. The molecule has 4 rings (SSSR count). The van der Waals surface area contributed by atoms with Crippen LogP contribution in [0.3, 0.4) is 0 Å². The third-order valence-corrected chi connectivity index (χ3v) is 6.29. The van der Waals surface area contributed by atoms with Crippen molar-refractivity contribution in [3.63, 3.8) is 0 Å². The first-order valence-electron chi connectivity index (χ1n) is 10.2. The van der Waals surface area contributed by atoms with E-state index in [1.807, 2.05) is 55.1 Å². The smallest absolute Gasteiger partial charge is 0.244 e. The molecule has 1 saturated heterocycles. The summed E-state index contributed by atoms with van der Waals surface area (Å²) in [7, 11) is 0. The van der Waals surface area contributed by atoms with Crippen LogP contribution in [0.15, 0.2) is 59.4 Å². The molecular weight excluding hydrogens is 412 g/mol. The van der Waals surface area contributed by atoms with Crippen molar-refractivity contribution in [1.29, 1.82) is 0 Å². The van der Waals surface area contributed by atoms with E-state index in [1.165, 1.54) is 6.39 Å². The van der Waals surface area contributed by atoms with Gasteiger partial charge in [-0.25, -0.2) is 0 Å². The standard InChI is InChI=1S/C23H24N4O3S/c1-16-3-2-4-20(13-16)27(23(29)18-9-11-31-12-10-18)14-21(28)25-19-7-5-17(6-8-19)22-24-15-30-26-22/h2-8,13,15,18H,9-12,14H2,1H3,(H,25,28). The highest BCUT2D eigenvalue weighted by Crippen LogP contribution is 2.27. The van der Waals surface area contributed by atoms with Gasteiger partial charge in [-0.05, 0) is 73.2 Å². The first kappa shape index (κ1) is 21.1. The van der Waals surface area contributed by atoms with E-state index >= 15 is 0 Å². The molecule has 1 aliphatic rings. The molecule has 0 atom stereocenters. The molecule has 31 heavy (non-hydrogen) atoms. The molecule has 3 aromatic rings. The van der Waals surface area contributed by atoms with Gasteiger partial charge >= 0.3 is 0 Å². The second kappa shape index (κ2) is 9.78. The van der Waals surface area contributed by atoms with Gasteiger partial charge in [0.25, 0.3) is 0 Å². The first-order valence-corrected chi connectivity index (χ1v) is 11.4. The fourth-order valence-electron chi connectivity index (χ4n) is 3.60. The number of aryl methyl sites for hydroxylation is 1. The van der Waals surface area contributed by atoms with Crippen LogP contribution in [-0.4, -0.2) is 40.0 Å². The monoisotopic (exact) mass is 436 g/mol. The summed E-state index contributed by atoms with van der Waals surface area (Å²) in [6.45, 7) is 1.95. The normalized spacial score (nSPS) is 14.2. The lowest BCUT2D eigenvalue weighted by Gasteiger charge is -2.29. The van der Waals surface area contributed by atoms with Gasteiger partial charge in [0.05, 0.1) is 0 Å². The lowest BCUT2D eigenvalue weighted by Crippen LogP contribution is -2.42. The maximum atomic E-state index is 13.3. The van der Waals surface area contributed by atoms with Gasteiger partial charge < -0.3 is 14.7 Å². The van der Waals surface area contributed by atoms with Crippen LogP contribution in [0.25, 0.3) is 11.4 Å². The molecule has 1 aliphatic heterocycles. The Morgan fingerprint density at radius 3 is 2.61 bits per heavy atom. The van der Waals surface area contributed by atoms with Crippen molar-refractivity contribution in [2.45, 2.75) is 19.8 Å². The van der Waals surface area contributed by atoms with E-state index in [0.29, 0.717) is 11.5 Å².